The van der Waals surface area contributed by atoms with Gasteiger partial charge >= 0.3 is 5.69 Å². The molecule has 0 atom stereocenters. The fourth-order valence-corrected chi connectivity index (χ4v) is 2.60. The van der Waals surface area contributed by atoms with Crippen LogP contribution >= 0.6 is 0 Å². The molecule has 0 fully saturated rings. The monoisotopic (exact) mass is 321 g/mol. The highest BCUT2D eigenvalue weighted by molar-refractivity contribution is 5.74. The zero-order valence-corrected chi connectivity index (χ0v) is 12.8. The van der Waals surface area contributed by atoms with Gasteiger partial charge in [0.2, 0.25) is 0 Å². The summed E-state index contributed by atoms with van der Waals surface area (Å²) in [6, 6.07) is 17.2. The van der Waals surface area contributed by atoms with Gasteiger partial charge in [-0.25, -0.2) is 4.79 Å². The normalized spacial score (nSPS) is 11.0. The smallest absolute Gasteiger partial charge is 0.326 e. The Hall–Kier alpha value is -3.35. The number of aromatic nitrogens is 4. The van der Waals surface area contributed by atoms with Crippen molar-refractivity contribution in [2.45, 2.75) is 6.54 Å². The molecule has 2 N–H and O–H groups in total. The van der Waals surface area contributed by atoms with Crippen LogP contribution < -0.4 is 11.0 Å². The Morgan fingerprint density at radius 2 is 1.88 bits per heavy atom. The lowest BCUT2D eigenvalue weighted by Crippen LogP contribution is -2.21. The average molecular weight is 321 g/mol. The molecule has 0 saturated heterocycles. The molecule has 7 heteroatoms. The maximum atomic E-state index is 12.0. The number of imidazole rings is 1. The number of fused-ring (bicyclic) bond motifs is 1. The molecular weight excluding hydrogens is 306 g/mol. The van der Waals surface area contributed by atoms with Crippen LogP contribution in [0.15, 0.2) is 63.9 Å². The van der Waals surface area contributed by atoms with Crippen LogP contribution in [0.4, 0.5) is 5.95 Å². The molecule has 7 nitrogen and oxygen atoms in total. The molecule has 0 spiro atoms. The Kier molecular flexibility index (Phi) is 3.59. The third-order valence-corrected chi connectivity index (χ3v) is 3.75. The van der Waals surface area contributed by atoms with Gasteiger partial charge in [-0.15, -0.1) is 0 Å². The van der Waals surface area contributed by atoms with Gasteiger partial charge in [-0.05, 0) is 29.4 Å². The van der Waals surface area contributed by atoms with Crippen LogP contribution in [0.25, 0.3) is 22.5 Å². The zero-order chi connectivity index (χ0) is 16.4. The van der Waals surface area contributed by atoms with Crippen molar-refractivity contribution in [3.63, 3.8) is 0 Å². The molecule has 0 aliphatic carbocycles. The number of aromatic amines is 1. The van der Waals surface area contributed by atoms with E-state index in [0.717, 1.165) is 16.6 Å². The van der Waals surface area contributed by atoms with Crippen LogP contribution in [0, 0.1) is 0 Å². The fourth-order valence-electron chi connectivity index (χ4n) is 2.60. The lowest BCUT2D eigenvalue weighted by molar-refractivity contribution is 0.432. The summed E-state index contributed by atoms with van der Waals surface area (Å²) in [5.74, 6) is 0.865. The van der Waals surface area contributed by atoms with Gasteiger partial charge in [0.05, 0.1) is 11.0 Å². The first-order valence-electron chi connectivity index (χ1n) is 7.62. The van der Waals surface area contributed by atoms with Gasteiger partial charge in [-0.1, -0.05) is 30.3 Å². The van der Waals surface area contributed by atoms with Gasteiger partial charge in [-0.3, -0.25) is 4.57 Å². The van der Waals surface area contributed by atoms with E-state index in [-0.39, 0.29) is 5.69 Å². The van der Waals surface area contributed by atoms with Gasteiger partial charge in [-0.2, -0.15) is 4.98 Å². The summed E-state index contributed by atoms with van der Waals surface area (Å²) in [6.07, 6.45) is 0. The van der Waals surface area contributed by atoms with E-state index in [0.29, 0.717) is 24.9 Å². The van der Waals surface area contributed by atoms with E-state index in [1.54, 1.807) is 4.57 Å². The van der Waals surface area contributed by atoms with Crippen LogP contribution in [0.3, 0.4) is 0 Å². The quantitative estimate of drug-likeness (QED) is 0.589. The Bertz CT molecular complexity index is 1020. The number of para-hydroxylation sites is 2. The molecule has 0 saturated carbocycles. The number of benzene rings is 2. The molecule has 0 amide bonds. The number of hydrogen-bond acceptors (Lipinski definition) is 5. The number of rotatable bonds is 5. The Balaban J connectivity index is 1.45. The number of nitrogens with one attached hydrogen (secondary N) is 2. The molecular formula is C17H15N5O2. The molecule has 2 aromatic carbocycles. The summed E-state index contributed by atoms with van der Waals surface area (Å²) >= 11 is 0. The van der Waals surface area contributed by atoms with E-state index < -0.39 is 0 Å². The second kappa shape index (κ2) is 6.04. The highest BCUT2D eigenvalue weighted by Gasteiger charge is 2.09. The summed E-state index contributed by atoms with van der Waals surface area (Å²) in [5, 5.41) is 6.98. The van der Waals surface area contributed by atoms with Crippen LogP contribution in [0.5, 0.6) is 0 Å². The van der Waals surface area contributed by atoms with Gasteiger partial charge in [0, 0.05) is 18.7 Å². The van der Waals surface area contributed by atoms with E-state index in [1.807, 2.05) is 54.6 Å². The molecule has 120 valence electrons. The first-order valence-corrected chi connectivity index (χ1v) is 7.62. The van der Waals surface area contributed by atoms with Crippen molar-refractivity contribution in [3.8, 4) is 11.5 Å². The number of H-pyrrole nitrogens is 1. The molecule has 2 heterocycles. The molecule has 0 unspecified atom stereocenters. The minimum atomic E-state index is -0.129. The van der Waals surface area contributed by atoms with E-state index >= 15 is 0 Å². The molecule has 2 aromatic heterocycles. The highest BCUT2D eigenvalue weighted by atomic mass is 16.5. The van der Waals surface area contributed by atoms with Gasteiger partial charge in [0.25, 0.3) is 11.8 Å². The molecule has 0 aliphatic rings. The predicted octanol–water partition coefficient (Wildman–Crippen LogP) is 2.49. The molecule has 0 bridgehead atoms. The van der Waals surface area contributed by atoms with Crippen LogP contribution in [-0.2, 0) is 6.54 Å². The minimum Gasteiger partial charge on any atom is -0.350 e. The third kappa shape index (κ3) is 2.67. The number of hydrogen-bond donors (Lipinski definition) is 2. The van der Waals surface area contributed by atoms with Crippen LogP contribution in [-0.4, -0.2) is 26.2 Å². The van der Waals surface area contributed by atoms with Crippen molar-refractivity contribution >= 4 is 17.0 Å². The van der Waals surface area contributed by atoms with Crippen LogP contribution in [0.1, 0.15) is 0 Å². The number of nitrogens with zero attached hydrogens (tertiary/aromatic N) is 3. The maximum absolute atomic E-state index is 12.0. The fraction of sp³-hybridized carbons (Fsp3) is 0.118. The molecule has 4 rings (SSSR count). The Morgan fingerprint density at radius 3 is 2.75 bits per heavy atom. The summed E-state index contributed by atoms with van der Waals surface area (Å²) in [7, 11) is 0. The minimum absolute atomic E-state index is 0.129. The SMILES string of the molecule is O=c1[nH]c2ccccc2n1CCNc1noc(-c2ccccc2)n1. The van der Waals surface area contributed by atoms with Crippen molar-refractivity contribution in [3.05, 3.63) is 65.1 Å². The number of anilines is 1. The summed E-state index contributed by atoms with van der Waals surface area (Å²) in [5.41, 5.74) is 2.44. The first-order chi connectivity index (χ1) is 11.8. The van der Waals surface area contributed by atoms with Crippen molar-refractivity contribution in [2.24, 2.45) is 0 Å². The van der Waals surface area contributed by atoms with Crippen molar-refractivity contribution < 1.29 is 4.52 Å². The lowest BCUT2D eigenvalue weighted by Gasteiger charge is -2.03. The third-order valence-electron chi connectivity index (χ3n) is 3.75. The zero-order valence-electron chi connectivity index (χ0n) is 12.8. The molecule has 0 aliphatic heterocycles. The largest absolute Gasteiger partial charge is 0.350 e. The van der Waals surface area contributed by atoms with Crippen molar-refractivity contribution in [1.82, 2.24) is 19.7 Å². The van der Waals surface area contributed by atoms with Crippen molar-refractivity contribution in [2.75, 3.05) is 11.9 Å². The first kappa shape index (κ1) is 14.3. The van der Waals surface area contributed by atoms with E-state index in [9.17, 15) is 4.79 Å². The van der Waals surface area contributed by atoms with E-state index in [4.69, 9.17) is 4.52 Å². The van der Waals surface area contributed by atoms with Crippen LogP contribution in [0.2, 0.25) is 0 Å². The lowest BCUT2D eigenvalue weighted by atomic mass is 10.2. The average Bonchev–Trinajstić information content (AvgIpc) is 3.21. The molecule has 4 aromatic rings. The van der Waals surface area contributed by atoms with Gasteiger partial charge in [0.1, 0.15) is 0 Å². The Morgan fingerprint density at radius 1 is 1.08 bits per heavy atom. The maximum Gasteiger partial charge on any atom is 0.326 e. The second-order valence-corrected chi connectivity index (χ2v) is 5.31. The summed E-state index contributed by atoms with van der Waals surface area (Å²) in [4.78, 5) is 19.1. The summed E-state index contributed by atoms with van der Waals surface area (Å²) in [6.45, 7) is 1.01. The molecule has 24 heavy (non-hydrogen) atoms. The molecule has 0 radical (unpaired) electrons. The topological polar surface area (TPSA) is 88.7 Å². The highest BCUT2D eigenvalue weighted by Crippen LogP contribution is 2.17. The van der Waals surface area contributed by atoms with E-state index in [2.05, 4.69) is 20.4 Å². The second-order valence-electron chi connectivity index (χ2n) is 5.31. The summed E-state index contributed by atoms with van der Waals surface area (Å²) < 4.78 is 6.92. The van der Waals surface area contributed by atoms with Crippen molar-refractivity contribution in [1.29, 1.82) is 0 Å². The Labute approximate surface area is 136 Å². The predicted molar refractivity (Wildman–Crippen MR) is 90.8 cm³/mol. The van der Waals surface area contributed by atoms with Gasteiger partial charge < -0.3 is 14.8 Å². The van der Waals surface area contributed by atoms with E-state index in [1.165, 1.54) is 0 Å². The van der Waals surface area contributed by atoms with Gasteiger partial charge in [0.15, 0.2) is 0 Å². The standard InChI is InChI=1S/C17H15N5O2/c23-17-19-13-8-4-5-9-14(13)22(17)11-10-18-16-20-15(24-21-16)12-6-2-1-3-7-12/h1-9H,10-11H2,(H,18,21)(H,19,23).